The van der Waals surface area contributed by atoms with Crippen LogP contribution in [0.3, 0.4) is 0 Å². The lowest BCUT2D eigenvalue weighted by molar-refractivity contribution is -0.335. The summed E-state index contributed by atoms with van der Waals surface area (Å²) < 4.78 is 17.7. The van der Waals surface area contributed by atoms with Crippen molar-refractivity contribution in [1.82, 2.24) is 16.0 Å². The summed E-state index contributed by atoms with van der Waals surface area (Å²) in [4.78, 5) is 74.9. The van der Waals surface area contributed by atoms with Gasteiger partial charge in [-0.2, -0.15) is 0 Å². The fourth-order valence-electron chi connectivity index (χ4n) is 6.98. The van der Waals surface area contributed by atoms with E-state index in [1.54, 1.807) is 12.2 Å². The molecule has 9 N–H and O–H groups in total. The molecule has 1 fully saturated rings. The van der Waals surface area contributed by atoms with Gasteiger partial charge in [0.25, 0.3) is 17.7 Å². The van der Waals surface area contributed by atoms with E-state index < -0.39 is 97.0 Å². The Kier molecular flexibility index (Phi) is 12.1. The summed E-state index contributed by atoms with van der Waals surface area (Å²) in [5.74, 6) is -7.84. The Morgan fingerprint density at radius 1 is 0.614 bits per heavy atom. The second-order valence-electron chi connectivity index (χ2n) is 13.3. The third-order valence-electron chi connectivity index (χ3n) is 9.82. The summed E-state index contributed by atoms with van der Waals surface area (Å²) in [5, 5.41) is 69.2. The average Bonchev–Trinajstić information content (AvgIpc) is 3.56. The van der Waals surface area contributed by atoms with Gasteiger partial charge in [0.15, 0.2) is 6.29 Å². The maximum atomic E-state index is 13.5. The van der Waals surface area contributed by atoms with Crippen molar-refractivity contribution in [2.75, 3.05) is 13.1 Å². The lowest BCUT2D eigenvalue weighted by atomic mass is 9.86. The first-order valence-corrected chi connectivity index (χ1v) is 17.5. The first kappa shape index (κ1) is 40.2. The Hall–Kier alpha value is -6.44. The topological polar surface area (TPSA) is 288 Å². The van der Waals surface area contributed by atoms with Gasteiger partial charge in [0, 0.05) is 19.0 Å². The van der Waals surface area contributed by atoms with Crippen LogP contribution < -0.4 is 16.0 Å². The maximum Gasteiger partial charge on any atom is 0.336 e. The van der Waals surface area contributed by atoms with Crippen LogP contribution in [0.25, 0.3) is 0 Å². The molecule has 0 spiro atoms. The molecule has 3 aliphatic rings. The fraction of sp³-hybridized carbons (Fsp3) is 0.282. The second-order valence-corrected chi connectivity index (χ2v) is 13.3. The lowest BCUT2D eigenvalue weighted by Crippen LogP contribution is -2.61. The predicted octanol–water partition coefficient (Wildman–Crippen LogP) is 0.606. The zero-order chi connectivity index (χ0) is 41.0. The monoisotopic (exact) mass is 787 g/mol. The number of benzene rings is 3. The van der Waals surface area contributed by atoms with E-state index in [-0.39, 0.29) is 39.9 Å². The molecule has 2 heterocycles. The van der Waals surface area contributed by atoms with Crippen LogP contribution in [-0.2, 0) is 14.2 Å². The SMILES string of the molecule is O=C(O)c1ccccc1C(=O)NCC1=C[C@H](NC(=O)c2ccccc2C(=O)O)[C@@H]2C=CO[C@@H](O[C@@H]3O[C@H](CNC(=O)c4ccccc4C(=O)O)[C@@H](O)[C@H](O)[C@H]3O)[C@H]12. The molecule has 0 saturated carbocycles. The molecule has 2 aliphatic heterocycles. The Balaban J connectivity index is 1.23. The number of carbonyl (C=O) groups is 6. The minimum Gasteiger partial charge on any atom is -0.478 e. The minimum atomic E-state index is -1.86. The minimum absolute atomic E-state index is 0.123. The number of fused-ring (bicyclic) bond motifs is 1. The van der Waals surface area contributed by atoms with Crippen molar-refractivity contribution < 1.29 is 73.6 Å². The van der Waals surface area contributed by atoms with Crippen molar-refractivity contribution in [2.24, 2.45) is 11.8 Å². The maximum absolute atomic E-state index is 13.5. The highest BCUT2D eigenvalue weighted by molar-refractivity contribution is 6.06. The van der Waals surface area contributed by atoms with Gasteiger partial charge in [-0.25, -0.2) is 14.4 Å². The van der Waals surface area contributed by atoms with E-state index in [4.69, 9.17) is 14.2 Å². The molecule has 3 aromatic carbocycles. The van der Waals surface area contributed by atoms with E-state index in [9.17, 15) is 59.4 Å². The van der Waals surface area contributed by atoms with Gasteiger partial charge in [-0.15, -0.1) is 0 Å². The van der Waals surface area contributed by atoms with E-state index in [1.807, 2.05) is 0 Å². The van der Waals surface area contributed by atoms with Crippen molar-refractivity contribution in [2.45, 2.75) is 43.0 Å². The summed E-state index contributed by atoms with van der Waals surface area (Å²) in [6.07, 6.45) is -5.48. The molecule has 3 amide bonds. The molecule has 6 rings (SSSR count). The molecule has 298 valence electrons. The standard InChI is InChI=1S/C39H37N3O15/c43-29-27(17-41-33(47)20-8-2-5-11-23(20)36(51)52)56-39(31(45)30(29)44)57-38-28-18(16-40-32(46)19-7-1-4-10-22(19)35(49)50)15-26(25(28)13-14-55-38)42-34(48)21-9-3-6-12-24(21)37(53)54/h1-15,25-31,38-39,43-45H,16-17H2,(H,40,46)(H,41,47)(H,42,48)(H,49,50)(H,51,52)(H,53,54)/t25-,26-,27+,28+,29+,30-,31+,38-,39-/m0/s1. The van der Waals surface area contributed by atoms with Crippen LogP contribution >= 0.6 is 0 Å². The number of aliphatic hydroxyl groups excluding tert-OH is 3. The highest BCUT2D eigenvalue weighted by Gasteiger charge is 2.50. The van der Waals surface area contributed by atoms with Crippen LogP contribution in [0.15, 0.2) is 96.8 Å². The second kappa shape index (κ2) is 17.1. The summed E-state index contributed by atoms with van der Waals surface area (Å²) in [6.45, 7) is -0.693. The summed E-state index contributed by atoms with van der Waals surface area (Å²) in [6, 6.07) is 15.7. The molecule has 1 aliphatic carbocycles. The van der Waals surface area contributed by atoms with Gasteiger partial charge in [0.2, 0.25) is 6.29 Å². The van der Waals surface area contributed by atoms with E-state index in [0.29, 0.717) is 5.57 Å². The van der Waals surface area contributed by atoms with Gasteiger partial charge < -0.3 is 60.8 Å². The number of amides is 3. The number of ether oxygens (including phenoxy) is 3. The van der Waals surface area contributed by atoms with Crippen LogP contribution in [0.1, 0.15) is 62.1 Å². The summed E-state index contributed by atoms with van der Waals surface area (Å²) in [7, 11) is 0. The van der Waals surface area contributed by atoms with Crippen LogP contribution in [0.5, 0.6) is 0 Å². The first-order chi connectivity index (χ1) is 27.3. The van der Waals surface area contributed by atoms with E-state index in [2.05, 4.69) is 16.0 Å². The Morgan fingerprint density at radius 3 is 1.63 bits per heavy atom. The summed E-state index contributed by atoms with van der Waals surface area (Å²) >= 11 is 0. The highest BCUT2D eigenvalue weighted by atomic mass is 16.8. The van der Waals surface area contributed by atoms with Crippen LogP contribution in [-0.4, -0.2) is 122 Å². The van der Waals surface area contributed by atoms with Crippen molar-refractivity contribution in [1.29, 1.82) is 0 Å². The molecule has 1 saturated heterocycles. The van der Waals surface area contributed by atoms with Gasteiger partial charge in [-0.1, -0.05) is 42.5 Å². The average molecular weight is 788 g/mol. The molecular formula is C39H37N3O15. The molecular weight excluding hydrogens is 750 g/mol. The quantitative estimate of drug-likeness (QED) is 0.107. The van der Waals surface area contributed by atoms with Crippen LogP contribution in [0, 0.1) is 11.8 Å². The van der Waals surface area contributed by atoms with E-state index >= 15 is 0 Å². The Morgan fingerprint density at radius 2 is 1.11 bits per heavy atom. The van der Waals surface area contributed by atoms with Crippen molar-refractivity contribution in [3.05, 3.63) is 130 Å². The number of aliphatic hydroxyl groups is 3. The third-order valence-corrected chi connectivity index (χ3v) is 9.82. The number of nitrogens with one attached hydrogen (secondary N) is 3. The number of aromatic carboxylic acids is 3. The smallest absolute Gasteiger partial charge is 0.336 e. The largest absolute Gasteiger partial charge is 0.478 e. The number of rotatable bonds is 13. The van der Waals surface area contributed by atoms with Crippen molar-refractivity contribution >= 4 is 35.6 Å². The third kappa shape index (κ3) is 8.54. The van der Waals surface area contributed by atoms with Crippen molar-refractivity contribution in [3.63, 3.8) is 0 Å². The fourth-order valence-corrected chi connectivity index (χ4v) is 6.98. The van der Waals surface area contributed by atoms with E-state index in [1.165, 1.54) is 79.1 Å². The van der Waals surface area contributed by atoms with Gasteiger partial charge >= 0.3 is 17.9 Å². The number of carboxylic acid groups (broad SMARTS) is 3. The molecule has 57 heavy (non-hydrogen) atoms. The zero-order valence-electron chi connectivity index (χ0n) is 29.6. The molecule has 18 nitrogen and oxygen atoms in total. The van der Waals surface area contributed by atoms with Crippen LogP contribution in [0.4, 0.5) is 0 Å². The van der Waals surface area contributed by atoms with E-state index in [0.717, 1.165) is 0 Å². The van der Waals surface area contributed by atoms with Crippen molar-refractivity contribution in [3.8, 4) is 0 Å². The highest BCUT2D eigenvalue weighted by Crippen LogP contribution is 2.41. The number of carboxylic acids is 3. The molecule has 3 aromatic rings. The predicted molar refractivity (Wildman–Crippen MR) is 193 cm³/mol. The molecule has 9 atom stereocenters. The van der Waals surface area contributed by atoms with Gasteiger partial charge in [0.1, 0.15) is 24.4 Å². The Labute approximate surface area is 323 Å². The lowest BCUT2D eigenvalue weighted by Gasteiger charge is -2.43. The summed E-state index contributed by atoms with van der Waals surface area (Å²) in [5.41, 5.74) is -0.800. The number of carbonyl (C=O) groups excluding carboxylic acids is 3. The number of hydrogen-bond acceptors (Lipinski definition) is 12. The molecule has 0 radical (unpaired) electrons. The molecule has 0 bridgehead atoms. The molecule has 18 heteroatoms. The normalized spacial score (nSPS) is 26.2. The van der Waals surface area contributed by atoms with Crippen LogP contribution in [0.2, 0.25) is 0 Å². The first-order valence-electron chi connectivity index (χ1n) is 17.5. The Bertz CT molecular complexity index is 2140. The van der Waals surface area contributed by atoms with Gasteiger partial charge in [0.05, 0.1) is 51.6 Å². The van der Waals surface area contributed by atoms with Gasteiger partial charge in [-0.3, -0.25) is 14.4 Å². The van der Waals surface area contributed by atoms with Gasteiger partial charge in [-0.05, 0) is 48.0 Å². The zero-order valence-corrected chi connectivity index (χ0v) is 29.6. The molecule has 0 aromatic heterocycles. The molecule has 0 unspecified atom stereocenters. The number of hydrogen-bond donors (Lipinski definition) is 9.